The summed E-state index contributed by atoms with van der Waals surface area (Å²) in [7, 11) is 0. The van der Waals surface area contributed by atoms with Crippen molar-refractivity contribution < 1.29 is 18.8 Å². The number of hydrogen-bond acceptors (Lipinski definition) is 4. The van der Waals surface area contributed by atoms with Gasteiger partial charge in [0.05, 0.1) is 11.4 Å². The molecule has 180 valence electrons. The van der Waals surface area contributed by atoms with Crippen LogP contribution in [0, 0.1) is 20.8 Å². The molecular formula is C27H26F2N4O2. The van der Waals surface area contributed by atoms with E-state index in [0.29, 0.717) is 10.4 Å². The van der Waals surface area contributed by atoms with Crippen molar-refractivity contribution in [2.75, 3.05) is 5.32 Å². The highest BCUT2D eigenvalue weighted by Crippen LogP contribution is 2.33. The van der Waals surface area contributed by atoms with Crippen molar-refractivity contribution in [2.24, 2.45) is 0 Å². The van der Waals surface area contributed by atoms with Crippen LogP contribution in [0.25, 0.3) is 22.8 Å². The molecule has 0 radical (unpaired) electrons. The van der Waals surface area contributed by atoms with Gasteiger partial charge in [0.15, 0.2) is 11.5 Å². The van der Waals surface area contributed by atoms with Crippen LogP contribution in [0.5, 0.6) is 0 Å². The van der Waals surface area contributed by atoms with E-state index in [-0.39, 0.29) is 34.9 Å². The number of amides is 1. The number of aromatic nitrogens is 3. The molecule has 2 aromatic carbocycles. The fourth-order valence-corrected chi connectivity index (χ4v) is 4.08. The molecule has 0 atom stereocenters. The first kappa shape index (κ1) is 24.1. The second-order valence-corrected chi connectivity index (χ2v) is 8.45. The Morgan fingerprint density at radius 1 is 0.971 bits per heavy atom. The van der Waals surface area contributed by atoms with Crippen molar-refractivity contribution in [2.45, 2.75) is 40.0 Å². The zero-order chi connectivity index (χ0) is 25.3. The lowest BCUT2D eigenvalue weighted by Gasteiger charge is -2.15. The lowest BCUT2D eigenvalue weighted by molar-refractivity contribution is -0.00824. The van der Waals surface area contributed by atoms with Crippen molar-refractivity contribution in [3.63, 3.8) is 0 Å². The lowest BCUT2D eigenvalue weighted by atomic mass is 9.99. The molecule has 0 saturated heterocycles. The van der Waals surface area contributed by atoms with Crippen LogP contribution in [-0.2, 0) is 5.92 Å². The van der Waals surface area contributed by atoms with Gasteiger partial charge in [-0.2, -0.15) is 4.73 Å². The van der Waals surface area contributed by atoms with Gasteiger partial charge < -0.3 is 10.5 Å². The van der Waals surface area contributed by atoms with E-state index in [2.05, 4.69) is 15.3 Å². The third-order valence-corrected chi connectivity index (χ3v) is 5.95. The van der Waals surface area contributed by atoms with Crippen molar-refractivity contribution >= 4 is 11.6 Å². The Hall–Kier alpha value is -4.07. The van der Waals surface area contributed by atoms with E-state index in [1.165, 1.54) is 31.2 Å². The van der Waals surface area contributed by atoms with Crippen LogP contribution in [0.1, 0.15) is 46.2 Å². The van der Waals surface area contributed by atoms with Crippen molar-refractivity contribution in [1.29, 1.82) is 0 Å². The number of aryl methyl sites for hydroxylation is 3. The quantitative estimate of drug-likeness (QED) is 0.310. The van der Waals surface area contributed by atoms with Gasteiger partial charge in [0.1, 0.15) is 5.69 Å². The summed E-state index contributed by atoms with van der Waals surface area (Å²) in [6.07, 6.45) is -0.357. The monoisotopic (exact) mass is 476 g/mol. The second kappa shape index (κ2) is 9.29. The summed E-state index contributed by atoms with van der Waals surface area (Å²) in [6.45, 7) is 6.98. The Morgan fingerprint density at radius 2 is 1.60 bits per heavy atom. The number of imidazole rings is 1. The highest BCUT2D eigenvalue weighted by molar-refractivity contribution is 6.04. The van der Waals surface area contributed by atoms with Gasteiger partial charge in [0.25, 0.3) is 11.8 Å². The number of carbonyl (C=O) groups excluding carboxylic acids is 1. The SMILES string of the molecule is CCC(F)(F)c1cccc(NC(=O)c2c(C)nc(-c3cccc(-c4c(C)cccc4C)n3)n2O)c1. The Bertz CT molecular complexity index is 1390. The first-order valence-electron chi connectivity index (χ1n) is 11.2. The maximum atomic E-state index is 14.1. The molecule has 8 heteroatoms. The predicted molar refractivity (Wildman–Crippen MR) is 131 cm³/mol. The van der Waals surface area contributed by atoms with Crippen molar-refractivity contribution in [1.82, 2.24) is 14.7 Å². The number of nitrogens with zero attached hydrogens (tertiary/aromatic N) is 3. The lowest BCUT2D eigenvalue weighted by Crippen LogP contribution is -2.18. The highest BCUT2D eigenvalue weighted by Gasteiger charge is 2.29. The fourth-order valence-electron chi connectivity index (χ4n) is 4.08. The zero-order valence-electron chi connectivity index (χ0n) is 19.9. The largest absolute Gasteiger partial charge is 0.426 e. The molecule has 0 saturated carbocycles. The summed E-state index contributed by atoms with van der Waals surface area (Å²) in [6, 6.07) is 16.9. The van der Waals surface area contributed by atoms with Gasteiger partial charge in [0.2, 0.25) is 0 Å². The van der Waals surface area contributed by atoms with Crippen LogP contribution >= 0.6 is 0 Å². The second-order valence-electron chi connectivity index (χ2n) is 8.45. The first-order chi connectivity index (χ1) is 16.6. The summed E-state index contributed by atoms with van der Waals surface area (Å²) >= 11 is 0. The van der Waals surface area contributed by atoms with Gasteiger partial charge in [0, 0.05) is 23.2 Å². The van der Waals surface area contributed by atoms with E-state index in [1.807, 2.05) is 44.2 Å². The van der Waals surface area contributed by atoms with Gasteiger partial charge in [-0.3, -0.25) is 4.79 Å². The third kappa shape index (κ3) is 4.64. The van der Waals surface area contributed by atoms with Gasteiger partial charge in [-0.1, -0.05) is 43.3 Å². The van der Waals surface area contributed by atoms with E-state index in [1.54, 1.807) is 13.0 Å². The molecular weight excluding hydrogens is 450 g/mol. The van der Waals surface area contributed by atoms with Gasteiger partial charge in [-0.25, -0.2) is 18.7 Å². The van der Waals surface area contributed by atoms with E-state index in [4.69, 9.17) is 0 Å². The standard InChI is InChI=1S/C27H26F2N4O2/c1-5-27(28,29)19-11-7-12-20(15-19)31-26(34)24-18(4)30-25(33(24)35)22-14-8-13-21(32-22)23-16(2)9-6-10-17(23)3/h6-15,35H,5H2,1-4H3,(H,31,34). The summed E-state index contributed by atoms with van der Waals surface area (Å²) in [5, 5.41) is 13.4. The average Bonchev–Trinajstić information content (AvgIpc) is 3.13. The summed E-state index contributed by atoms with van der Waals surface area (Å²) in [4.78, 5) is 22.0. The summed E-state index contributed by atoms with van der Waals surface area (Å²) in [5.74, 6) is -3.58. The van der Waals surface area contributed by atoms with Crippen LogP contribution < -0.4 is 5.32 Å². The van der Waals surface area contributed by atoms with Crippen molar-refractivity contribution in [3.8, 4) is 22.8 Å². The van der Waals surface area contributed by atoms with E-state index >= 15 is 0 Å². The molecule has 1 amide bonds. The molecule has 4 rings (SSSR count). The first-order valence-corrected chi connectivity index (χ1v) is 11.2. The average molecular weight is 477 g/mol. The van der Waals surface area contributed by atoms with Crippen LogP contribution in [0.2, 0.25) is 0 Å². The Labute approximate surface area is 202 Å². The van der Waals surface area contributed by atoms with E-state index < -0.39 is 11.8 Å². The highest BCUT2D eigenvalue weighted by atomic mass is 19.3. The Morgan fingerprint density at radius 3 is 2.29 bits per heavy atom. The third-order valence-electron chi connectivity index (χ3n) is 5.95. The Balaban J connectivity index is 1.67. The molecule has 0 unspecified atom stereocenters. The van der Waals surface area contributed by atoms with E-state index in [9.17, 15) is 18.8 Å². The topological polar surface area (TPSA) is 80.0 Å². The predicted octanol–water partition coefficient (Wildman–Crippen LogP) is 6.53. The fraction of sp³-hybridized carbons (Fsp3) is 0.222. The van der Waals surface area contributed by atoms with Gasteiger partial charge in [-0.05, 0) is 56.2 Å². The number of alkyl halides is 2. The maximum absolute atomic E-state index is 14.1. The van der Waals surface area contributed by atoms with Gasteiger partial charge in [-0.15, -0.1) is 0 Å². The van der Waals surface area contributed by atoms with Gasteiger partial charge >= 0.3 is 0 Å². The van der Waals surface area contributed by atoms with Crippen LogP contribution in [-0.4, -0.2) is 25.8 Å². The molecule has 2 aromatic heterocycles. The molecule has 2 heterocycles. The minimum absolute atomic E-state index is 0.104. The molecule has 35 heavy (non-hydrogen) atoms. The number of halogens is 2. The minimum Gasteiger partial charge on any atom is -0.426 e. The number of pyridine rings is 1. The van der Waals surface area contributed by atoms with Crippen LogP contribution in [0.15, 0.2) is 60.7 Å². The number of hydrogen-bond donors (Lipinski definition) is 2. The molecule has 2 N–H and O–H groups in total. The summed E-state index contributed by atoms with van der Waals surface area (Å²) < 4.78 is 28.8. The molecule has 0 aliphatic carbocycles. The maximum Gasteiger partial charge on any atom is 0.277 e. The number of anilines is 1. The molecule has 0 fully saturated rings. The molecule has 0 spiro atoms. The molecule has 0 aliphatic heterocycles. The van der Waals surface area contributed by atoms with Crippen molar-refractivity contribution in [3.05, 3.63) is 88.7 Å². The normalized spacial score (nSPS) is 11.5. The molecule has 0 aliphatic rings. The number of carbonyl (C=O) groups is 1. The summed E-state index contributed by atoms with van der Waals surface area (Å²) in [5.41, 5.74) is 4.39. The molecule has 0 bridgehead atoms. The molecule has 4 aromatic rings. The minimum atomic E-state index is -3.01. The Kier molecular flexibility index (Phi) is 6.39. The zero-order valence-corrected chi connectivity index (χ0v) is 19.9. The molecule has 6 nitrogen and oxygen atoms in total. The van der Waals surface area contributed by atoms with Crippen LogP contribution in [0.4, 0.5) is 14.5 Å². The van der Waals surface area contributed by atoms with E-state index in [0.717, 1.165) is 22.4 Å². The number of nitrogens with one attached hydrogen (secondary N) is 1. The van der Waals surface area contributed by atoms with Crippen LogP contribution in [0.3, 0.4) is 0 Å². The smallest absolute Gasteiger partial charge is 0.277 e. The number of rotatable bonds is 6. The number of benzene rings is 2.